The van der Waals surface area contributed by atoms with E-state index in [0.29, 0.717) is 0 Å². The van der Waals surface area contributed by atoms with Gasteiger partial charge >= 0.3 is 0 Å². The first-order chi connectivity index (χ1) is 9.33. The molecule has 1 aliphatic rings. The lowest BCUT2D eigenvalue weighted by atomic mass is 10.1. The van der Waals surface area contributed by atoms with Crippen LogP contribution in [0.25, 0.3) is 0 Å². The van der Waals surface area contributed by atoms with Crippen LogP contribution in [0.5, 0.6) is 5.75 Å². The van der Waals surface area contributed by atoms with Gasteiger partial charge in [-0.05, 0) is 42.5 Å². The highest BCUT2D eigenvalue weighted by molar-refractivity contribution is 5.40. The number of imidazole rings is 1. The quantitative estimate of drug-likeness (QED) is 0.836. The maximum atomic E-state index is 6.02. The SMILES string of the molecule is N[C@@H]1CCc2cc(OCCCn3ccnc3)ccc21. The van der Waals surface area contributed by atoms with E-state index in [1.54, 1.807) is 6.20 Å². The second kappa shape index (κ2) is 5.45. The van der Waals surface area contributed by atoms with E-state index in [1.165, 1.54) is 11.1 Å². The molecule has 0 bridgehead atoms. The van der Waals surface area contributed by atoms with Crippen molar-refractivity contribution in [2.75, 3.05) is 6.61 Å². The standard InChI is InChI=1S/C15H19N3O/c16-15-5-2-12-10-13(3-4-14(12)15)19-9-1-7-18-8-6-17-11-18/h3-4,6,8,10-11,15H,1-2,5,7,9,16H2/t15-/m1/s1. The summed E-state index contributed by atoms with van der Waals surface area (Å²) in [5, 5.41) is 0. The van der Waals surface area contributed by atoms with E-state index in [1.807, 2.05) is 18.6 Å². The number of aryl methyl sites for hydroxylation is 2. The lowest BCUT2D eigenvalue weighted by Gasteiger charge is -2.09. The normalized spacial score (nSPS) is 17.4. The lowest BCUT2D eigenvalue weighted by molar-refractivity contribution is 0.301. The fourth-order valence-electron chi connectivity index (χ4n) is 2.57. The number of benzene rings is 1. The molecule has 2 N–H and O–H groups in total. The molecule has 1 aliphatic carbocycles. The largest absolute Gasteiger partial charge is 0.494 e. The van der Waals surface area contributed by atoms with E-state index in [0.717, 1.165) is 38.2 Å². The Bertz CT molecular complexity index is 536. The summed E-state index contributed by atoms with van der Waals surface area (Å²) in [7, 11) is 0. The van der Waals surface area contributed by atoms with Gasteiger partial charge in [0.15, 0.2) is 0 Å². The van der Waals surface area contributed by atoms with Gasteiger partial charge in [0.05, 0.1) is 12.9 Å². The van der Waals surface area contributed by atoms with Crippen LogP contribution in [-0.4, -0.2) is 16.2 Å². The van der Waals surface area contributed by atoms with Crippen molar-refractivity contribution in [2.24, 2.45) is 5.73 Å². The van der Waals surface area contributed by atoms with Crippen LogP contribution < -0.4 is 10.5 Å². The monoisotopic (exact) mass is 257 g/mol. The molecule has 1 aromatic carbocycles. The summed E-state index contributed by atoms with van der Waals surface area (Å²) in [6.07, 6.45) is 8.70. The van der Waals surface area contributed by atoms with Gasteiger partial charge in [-0.3, -0.25) is 0 Å². The van der Waals surface area contributed by atoms with Crippen molar-refractivity contribution in [3.05, 3.63) is 48.0 Å². The van der Waals surface area contributed by atoms with Crippen molar-refractivity contribution in [3.8, 4) is 5.75 Å². The minimum absolute atomic E-state index is 0.213. The van der Waals surface area contributed by atoms with Gasteiger partial charge in [-0.1, -0.05) is 6.07 Å². The molecule has 0 saturated heterocycles. The fourth-order valence-corrected chi connectivity index (χ4v) is 2.57. The smallest absolute Gasteiger partial charge is 0.119 e. The zero-order valence-electron chi connectivity index (χ0n) is 11.0. The Kier molecular flexibility index (Phi) is 3.51. The molecule has 0 unspecified atom stereocenters. The molecule has 0 aliphatic heterocycles. The van der Waals surface area contributed by atoms with E-state index >= 15 is 0 Å². The van der Waals surface area contributed by atoms with Gasteiger partial charge in [0.25, 0.3) is 0 Å². The predicted octanol–water partition coefficient (Wildman–Crippen LogP) is 2.30. The molecule has 2 aromatic rings. The highest BCUT2D eigenvalue weighted by Crippen LogP contribution is 2.31. The van der Waals surface area contributed by atoms with E-state index in [4.69, 9.17) is 10.5 Å². The van der Waals surface area contributed by atoms with Gasteiger partial charge in [0.2, 0.25) is 0 Å². The van der Waals surface area contributed by atoms with Crippen molar-refractivity contribution < 1.29 is 4.74 Å². The third-order valence-electron chi connectivity index (χ3n) is 3.63. The number of nitrogens with two attached hydrogens (primary N) is 1. The number of nitrogens with zero attached hydrogens (tertiary/aromatic N) is 2. The molecule has 4 heteroatoms. The number of rotatable bonds is 5. The molecular formula is C15H19N3O. The number of ether oxygens (including phenoxy) is 1. The Labute approximate surface area is 113 Å². The highest BCUT2D eigenvalue weighted by Gasteiger charge is 2.18. The fraction of sp³-hybridized carbons (Fsp3) is 0.400. The molecule has 1 atom stereocenters. The van der Waals surface area contributed by atoms with Crippen molar-refractivity contribution in [1.82, 2.24) is 9.55 Å². The van der Waals surface area contributed by atoms with Gasteiger partial charge in [-0.15, -0.1) is 0 Å². The van der Waals surface area contributed by atoms with Crippen molar-refractivity contribution >= 4 is 0 Å². The van der Waals surface area contributed by atoms with Gasteiger partial charge < -0.3 is 15.0 Å². The zero-order valence-corrected chi connectivity index (χ0v) is 11.0. The van der Waals surface area contributed by atoms with Crippen molar-refractivity contribution in [3.63, 3.8) is 0 Å². The molecule has 0 radical (unpaired) electrons. The molecule has 0 fully saturated rings. The Morgan fingerprint density at radius 3 is 3.21 bits per heavy atom. The topological polar surface area (TPSA) is 53.1 Å². The maximum Gasteiger partial charge on any atom is 0.119 e. The highest BCUT2D eigenvalue weighted by atomic mass is 16.5. The number of fused-ring (bicyclic) bond motifs is 1. The van der Waals surface area contributed by atoms with Crippen LogP contribution in [0.2, 0.25) is 0 Å². The van der Waals surface area contributed by atoms with E-state index in [-0.39, 0.29) is 6.04 Å². The molecule has 100 valence electrons. The average molecular weight is 257 g/mol. The van der Waals surface area contributed by atoms with Crippen LogP contribution in [0.4, 0.5) is 0 Å². The van der Waals surface area contributed by atoms with Crippen LogP contribution in [-0.2, 0) is 13.0 Å². The first-order valence-electron chi connectivity index (χ1n) is 6.80. The minimum Gasteiger partial charge on any atom is -0.494 e. The molecule has 0 saturated carbocycles. The molecule has 3 rings (SSSR count). The van der Waals surface area contributed by atoms with Crippen LogP contribution in [0.3, 0.4) is 0 Å². The maximum absolute atomic E-state index is 6.02. The van der Waals surface area contributed by atoms with Crippen LogP contribution in [0, 0.1) is 0 Å². The molecule has 1 heterocycles. The molecule has 0 amide bonds. The third-order valence-corrected chi connectivity index (χ3v) is 3.63. The summed E-state index contributed by atoms with van der Waals surface area (Å²) in [5.41, 5.74) is 8.65. The molecule has 19 heavy (non-hydrogen) atoms. The number of hydrogen-bond acceptors (Lipinski definition) is 3. The molecule has 1 aromatic heterocycles. The van der Waals surface area contributed by atoms with E-state index in [9.17, 15) is 0 Å². The molecular weight excluding hydrogens is 238 g/mol. The van der Waals surface area contributed by atoms with Crippen LogP contribution >= 0.6 is 0 Å². The summed E-state index contributed by atoms with van der Waals surface area (Å²) in [5.74, 6) is 0.957. The summed E-state index contributed by atoms with van der Waals surface area (Å²) < 4.78 is 7.85. The Balaban J connectivity index is 1.51. The van der Waals surface area contributed by atoms with Crippen LogP contribution in [0.1, 0.15) is 30.0 Å². The number of aromatic nitrogens is 2. The second-order valence-electron chi connectivity index (χ2n) is 5.01. The van der Waals surface area contributed by atoms with E-state index in [2.05, 4.69) is 21.7 Å². The average Bonchev–Trinajstić information content (AvgIpc) is 3.05. The second-order valence-corrected chi connectivity index (χ2v) is 5.01. The first-order valence-corrected chi connectivity index (χ1v) is 6.80. The van der Waals surface area contributed by atoms with E-state index < -0.39 is 0 Å². The minimum atomic E-state index is 0.213. The molecule has 4 nitrogen and oxygen atoms in total. The Morgan fingerprint density at radius 1 is 1.42 bits per heavy atom. The van der Waals surface area contributed by atoms with Crippen LogP contribution in [0.15, 0.2) is 36.9 Å². The Hall–Kier alpha value is -1.81. The summed E-state index contributed by atoms with van der Waals surface area (Å²) in [4.78, 5) is 4.02. The third kappa shape index (κ3) is 2.79. The Morgan fingerprint density at radius 2 is 2.37 bits per heavy atom. The van der Waals surface area contributed by atoms with Crippen molar-refractivity contribution in [2.45, 2.75) is 31.8 Å². The van der Waals surface area contributed by atoms with Gasteiger partial charge in [0.1, 0.15) is 5.75 Å². The van der Waals surface area contributed by atoms with Gasteiger partial charge in [-0.25, -0.2) is 4.98 Å². The predicted molar refractivity (Wildman–Crippen MR) is 74.0 cm³/mol. The lowest BCUT2D eigenvalue weighted by Crippen LogP contribution is -2.05. The molecule has 0 spiro atoms. The zero-order chi connectivity index (χ0) is 13.1. The van der Waals surface area contributed by atoms with Crippen molar-refractivity contribution in [1.29, 1.82) is 0 Å². The summed E-state index contributed by atoms with van der Waals surface area (Å²) in [6, 6.07) is 6.49. The summed E-state index contributed by atoms with van der Waals surface area (Å²) in [6.45, 7) is 1.67. The van der Waals surface area contributed by atoms with Gasteiger partial charge in [-0.2, -0.15) is 0 Å². The van der Waals surface area contributed by atoms with Gasteiger partial charge in [0, 0.05) is 25.0 Å². The number of hydrogen-bond donors (Lipinski definition) is 1. The summed E-state index contributed by atoms with van der Waals surface area (Å²) >= 11 is 0. The first kappa shape index (κ1) is 12.2.